The molecule has 0 heterocycles. The number of anilines is 1. The topological polar surface area (TPSA) is 12.0 Å². The van der Waals surface area contributed by atoms with Crippen molar-refractivity contribution in [2.24, 2.45) is 5.92 Å². The molecule has 0 saturated carbocycles. The quantitative estimate of drug-likeness (QED) is 0.749. The molecule has 84 valence electrons. The van der Waals surface area contributed by atoms with Crippen LogP contribution in [0.15, 0.2) is 29.2 Å². The summed E-state index contributed by atoms with van der Waals surface area (Å²) in [4.78, 5) is 1.35. The summed E-state index contributed by atoms with van der Waals surface area (Å²) in [6.45, 7) is 8.89. The van der Waals surface area contributed by atoms with Crippen LogP contribution in [-0.2, 0) is 0 Å². The van der Waals surface area contributed by atoms with Gasteiger partial charge >= 0.3 is 0 Å². The fourth-order valence-corrected chi connectivity index (χ4v) is 1.99. The minimum absolute atomic E-state index is 0.520. The van der Waals surface area contributed by atoms with Crippen molar-refractivity contribution in [3.05, 3.63) is 24.3 Å². The van der Waals surface area contributed by atoms with Gasteiger partial charge in [0, 0.05) is 16.6 Å². The Kier molecular flexibility index (Phi) is 5.03. The number of hydrogen-bond donors (Lipinski definition) is 1. The van der Waals surface area contributed by atoms with E-state index in [-0.39, 0.29) is 0 Å². The third kappa shape index (κ3) is 4.17. The molecule has 0 bridgehead atoms. The van der Waals surface area contributed by atoms with Gasteiger partial charge in [0.15, 0.2) is 0 Å². The SMILES string of the molecule is CCSc1cccc(NC(C)C(C)C)c1. The van der Waals surface area contributed by atoms with Crippen LogP contribution in [0.5, 0.6) is 0 Å². The molecule has 0 aromatic heterocycles. The molecule has 1 N–H and O–H groups in total. The highest BCUT2D eigenvalue weighted by Gasteiger charge is 2.06. The van der Waals surface area contributed by atoms with Gasteiger partial charge in [-0.25, -0.2) is 0 Å². The van der Waals surface area contributed by atoms with Crippen molar-refractivity contribution in [3.63, 3.8) is 0 Å². The van der Waals surface area contributed by atoms with E-state index in [4.69, 9.17) is 0 Å². The predicted molar refractivity (Wildman–Crippen MR) is 70.8 cm³/mol. The van der Waals surface area contributed by atoms with Crippen LogP contribution in [-0.4, -0.2) is 11.8 Å². The first kappa shape index (κ1) is 12.4. The summed E-state index contributed by atoms with van der Waals surface area (Å²) in [5, 5.41) is 3.53. The molecule has 0 fully saturated rings. The second-order valence-corrected chi connectivity index (χ2v) is 5.48. The lowest BCUT2D eigenvalue weighted by Gasteiger charge is -2.19. The van der Waals surface area contributed by atoms with Crippen LogP contribution in [0.25, 0.3) is 0 Å². The van der Waals surface area contributed by atoms with Crippen molar-refractivity contribution in [2.45, 2.75) is 38.6 Å². The molecule has 0 saturated heterocycles. The van der Waals surface area contributed by atoms with E-state index in [0.29, 0.717) is 12.0 Å². The fourth-order valence-electron chi connectivity index (χ4n) is 1.27. The van der Waals surface area contributed by atoms with E-state index < -0.39 is 0 Å². The molecule has 1 aromatic rings. The van der Waals surface area contributed by atoms with Gasteiger partial charge in [-0.2, -0.15) is 0 Å². The highest BCUT2D eigenvalue weighted by atomic mass is 32.2. The summed E-state index contributed by atoms with van der Waals surface area (Å²) in [6.07, 6.45) is 0. The minimum atomic E-state index is 0.520. The second-order valence-electron chi connectivity index (χ2n) is 4.14. The smallest absolute Gasteiger partial charge is 0.0353 e. The lowest BCUT2D eigenvalue weighted by Crippen LogP contribution is -2.21. The zero-order valence-corrected chi connectivity index (χ0v) is 10.9. The Morgan fingerprint density at radius 3 is 2.60 bits per heavy atom. The number of benzene rings is 1. The van der Waals surface area contributed by atoms with Gasteiger partial charge in [0.05, 0.1) is 0 Å². The molecule has 1 aromatic carbocycles. The van der Waals surface area contributed by atoms with E-state index >= 15 is 0 Å². The summed E-state index contributed by atoms with van der Waals surface area (Å²) in [6, 6.07) is 9.17. The Bertz CT molecular complexity index is 296. The van der Waals surface area contributed by atoms with Gasteiger partial charge in [0.2, 0.25) is 0 Å². The van der Waals surface area contributed by atoms with Crippen LogP contribution < -0.4 is 5.32 Å². The molecule has 0 aliphatic carbocycles. The third-order valence-corrected chi connectivity index (χ3v) is 3.42. The van der Waals surface area contributed by atoms with Crippen molar-refractivity contribution in [1.29, 1.82) is 0 Å². The van der Waals surface area contributed by atoms with E-state index in [0.717, 1.165) is 5.75 Å². The lowest BCUT2D eigenvalue weighted by molar-refractivity contribution is 0.560. The van der Waals surface area contributed by atoms with Crippen LogP contribution in [0.4, 0.5) is 5.69 Å². The molecule has 1 nitrogen and oxygen atoms in total. The maximum Gasteiger partial charge on any atom is 0.0353 e. The molecule has 2 heteroatoms. The van der Waals surface area contributed by atoms with Crippen LogP contribution in [0.2, 0.25) is 0 Å². The first-order chi connectivity index (χ1) is 7.13. The van der Waals surface area contributed by atoms with Gasteiger partial charge in [-0.05, 0) is 36.8 Å². The van der Waals surface area contributed by atoms with Gasteiger partial charge < -0.3 is 5.32 Å². The maximum atomic E-state index is 3.53. The standard InChI is InChI=1S/C13H21NS/c1-5-15-13-8-6-7-12(9-13)14-11(4)10(2)3/h6-11,14H,5H2,1-4H3. The molecule has 15 heavy (non-hydrogen) atoms. The van der Waals surface area contributed by atoms with E-state index in [9.17, 15) is 0 Å². The summed E-state index contributed by atoms with van der Waals surface area (Å²) >= 11 is 1.88. The maximum absolute atomic E-state index is 3.53. The van der Waals surface area contributed by atoms with Crippen LogP contribution in [0, 0.1) is 5.92 Å². The molecular weight excluding hydrogens is 202 g/mol. The van der Waals surface area contributed by atoms with E-state index in [1.165, 1.54) is 10.6 Å². The molecule has 0 radical (unpaired) electrons. The van der Waals surface area contributed by atoms with Gasteiger partial charge in [-0.3, -0.25) is 0 Å². The average molecular weight is 223 g/mol. The summed E-state index contributed by atoms with van der Waals surface area (Å²) in [5.74, 6) is 1.79. The number of hydrogen-bond acceptors (Lipinski definition) is 2. The first-order valence-corrected chi connectivity index (χ1v) is 6.61. The largest absolute Gasteiger partial charge is 0.382 e. The monoisotopic (exact) mass is 223 g/mol. The number of rotatable bonds is 5. The minimum Gasteiger partial charge on any atom is -0.382 e. The summed E-state index contributed by atoms with van der Waals surface area (Å²) in [5.41, 5.74) is 1.23. The Hall–Kier alpha value is -0.630. The number of nitrogens with one attached hydrogen (secondary N) is 1. The van der Waals surface area contributed by atoms with Gasteiger partial charge in [0.1, 0.15) is 0 Å². The van der Waals surface area contributed by atoms with Crippen molar-refractivity contribution >= 4 is 17.4 Å². The van der Waals surface area contributed by atoms with Gasteiger partial charge in [-0.1, -0.05) is 26.8 Å². The van der Waals surface area contributed by atoms with Crippen molar-refractivity contribution in [2.75, 3.05) is 11.1 Å². The van der Waals surface area contributed by atoms with Crippen molar-refractivity contribution in [3.8, 4) is 0 Å². The molecule has 0 amide bonds. The highest BCUT2D eigenvalue weighted by molar-refractivity contribution is 7.99. The molecule has 1 rings (SSSR count). The molecule has 0 spiro atoms. The Morgan fingerprint density at radius 1 is 1.27 bits per heavy atom. The molecular formula is C13H21NS. The Balaban J connectivity index is 2.64. The predicted octanol–water partition coefficient (Wildman–Crippen LogP) is 4.26. The van der Waals surface area contributed by atoms with Crippen LogP contribution >= 0.6 is 11.8 Å². The molecule has 1 unspecified atom stereocenters. The zero-order valence-electron chi connectivity index (χ0n) is 10.1. The van der Waals surface area contributed by atoms with E-state index in [1.54, 1.807) is 0 Å². The number of thioether (sulfide) groups is 1. The van der Waals surface area contributed by atoms with Crippen LogP contribution in [0.1, 0.15) is 27.7 Å². The lowest BCUT2D eigenvalue weighted by atomic mass is 10.1. The molecule has 0 aliphatic heterocycles. The Labute approximate surface area is 97.7 Å². The summed E-state index contributed by atoms with van der Waals surface area (Å²) < 4.78 is 0. The summed E-state index contributed by atoms with van der Waals surface area (Å²) in [7, 11) is 0. The normalized spacial score (nSPS) is 12.9. The average Bonchev–Trinajstić information content (AvgIpc) is 2.18. The highest BCUT2D eigenvalue weighted by Crippen LogP contribution is 2.22. The molecule has 0 aliphatic rings. The van der Waals surface area contributed by atoms with E-state index in [1.807, 2.05) is 11.8 Å². The zero-order chi connectivity index (χ0) is 11.3. The first-order valence-electron chi connectivity index (χ1n) is 5.63. The van der Waals surface area contributed by atoms with Crippen molar-refractivity contribution in [1.82, 2.24) is 0 Å². The van der Waals surface area contributed by atoms with E-state index in [2.05, 4.69) is 57.3 Å². The molecule has 1 atom stereocenters. The second kappa shape index (κ2) is 6.06. The van der Waals surface area contributed by atoms with Gasteiger partial charge in [-0.15, -0.1) is 11.8 Å². The van der Waals surface area contributed by atoms with Crippen LogP contribution in [0.3, 0.4) is 0 Å². The third-order valence-electron chi connectivity index (χ3n) is 2.54. The Morgan fingerprint density at radius 2 is 2.00 bits per heavy atom. The van der Waals surface area contributed by atoms with Gasteiger partial charge in [0.25, 0.3) is 0 Å². The van der Waals surface area contributed by atoms with Crippen molar-refractivity contribution < 1.29 is 0 Å². The fraction of sp³-hybridized carbons (Fsp3) is 0.538.